The molecule has 3 N–H and O–H groups in total. The molecule has 1 aliphatic rings. The highest BCUT2D eigenvalue weighted by Gasteiger charge is 2.40. The van der Waals surface area contributed by atoms with Gasteiger partial charge in [-0.3, -0.25) is 9.59 Å². The van der Waals surface area contributed by atoms with Gasteiger partial charge in [-0.2, -0.15) is 0 Å². The van der Waals surface area contributed by atoms with Crippen LogP contribution in [0.5, 0.6) is 0 Å². The third-order valence-corrected chi connectivity index (χ3v) is 4.83. The average molecular weight is 352 g/mol. The van der Waals surface area contributed by atoms with Gasteiger partial charge in [0, 0.05) is 18.8 Å². The molecule has 5 heteroatoms. The molecule has 0 amide bonds. The van der Waals surface area contributed by atoms with Crippen molar-refractivity contribution in [1.29, 1.82) is 0 Å². The maximum Gasteiger partial charge on any atom is 0.303 e. The van der Waals surface area contributed by atoms with Crippen molar-refractivity contribution < 1.29 is 24.9 Å². The Morgan fingerprint density at radius 1 is 1.20 bits per heavy atom. The molecule has 0 bridgehead atoms. The predicted octanol–water partition coefficient (Wildman–Crippen LogP) is 2.92. The highest BCUT2D eigenvalue weighted by molar-refractivity contribution is 5.84. The monoisotopic (exact) mass is 352 g/mol. The Labute approximate surface area is 150 Å². The van der Waals surface area contributed by atoms with Crippen LogP contribution in [-0.2, 0) is 9.59 Å². The minimum Gasteiger partial charge on any atom is -0.481 e. The van der Waals surface area contributed by atoms with E-state index in [0.717, 1.165) is 38.5 Å². The molecule has 0 aliphatic heterocycles. The van der Waals surface area contributed by atoms with E-state index in [9.17, 15) is 19.8 Å². The molecule has 0 aromatic carbocycles. The number of aliphatic hydroxyl groups is 2. The van der Waals surface area contributed by atoms with Gasteiger partial charge in [-0.15, -0.1) is 0 Å². The van der Waals surface area contributed by atoms with Gasteiger partial charge in [0.1, 0.15) is 11.9 Å². The topological polar surface area (TPSA) is 94.8 Å². The number of aliphatic carboxylic acids is 1. The molecule has 1 aliphatic carbocycles. The van der Waals surface area contributed by atoms with Gasteiger partial charge < -0.3 is 15.3 Å². The molecule has 0 heterocycles. The Balaban J connectivity index is 2.42. The van der Waals surface area contributed by atoms with E-state index in [2.05, 4.69) is 18.8 Å². The number of aliphatic hydroxyl groups excluding tert-OH is 2. The summed E-state index contributed by atoms with van der Waals surface area (Å²) in [6.07, 6.45) is 6.50. The van der Waals surface area contributed by atoms with Gasteiger partial charge in [-0.05, 0) is 25.7 Å². The molecule has 0 spiro atoms. The fraction of sp³-hybridized carbons (Fsp3) is 0.800. The Bertz CT molecular complexity index is 476. The minimum absolute atomic E-state index is 0.0535. The molecule has 1 rings (SSSR count). The lowest BCUT2D eigenvalue weighted by Gasteiger charge is -2.15. The number of carbonyl (C=O) groups is 2. The van der Waals surface area contributed by atoms with Crippen LogP contribution >= 0.6 is 0 Å². The van der Waals surface area contributed by atoms with Crippen LogP contribution in [-0.4, -0.2) is 39.3 Å². The van der Waals surface area contributed by atoms with Crippen molar-refractivity contribution in [3.63, 3.8) is 0 Å². The lowest BCUT2D eigenvalue weighted by Crippen LogP contribution is -2.19. The summed E-state index contributed by atoms with van der Waals surface area (Å²) in [4.78, 5) is 22.6. The summed E-state index contributed by atoms with van der Waals surface area (Å²) in [5.41, 5.74) is 0. The number of ketones is 1. The molecule has 0 radical (unpaired) electrons. The number of unbranched alkanes of at least 4 members (excludes halogenated alkanes) is 5. The van der Waals surface area contributed by atoms with Gasteiger partial charge >= 0.3 is 5.97 Å². The minimum atomic E-state index is -0.776. The van der Waals surface area contributed by atoms with E-state index >= 15 is 0 Å². The lowest BCUT2D eigenvalue weighted by molar-refractivity contribution is -0.137. The Hall–Kier alpha value is -1.38. The Morgan fingerprint density at radius 3 is 2.60 bits per heavy atom. The van der Waals surface area contributed by atoms with E-state index in [1.54, 1.807) is 0 Å². The van der Waals surface area contributed by atoms with E-state index in [1.165, 1.54) is 0 Å². The van der Waals surface area contributed by atoms with Gasteiger partial charge in [0.25, 0.3) is 0 Å². The van der Waals surface area contributed by atoms with E-state index in [0.29, 0.717) is 19.3 Å². The Kier molecular flexibility index (Phi) is 10.4. The number of carboxylic acid groups (broad SMARTS) is 1. The first-order chi connectivity index (χ1) is 12.0. The molecule has 0 aromatic heterocycles. The fourth-order valence-electron chi connectivity index (χ4n) is 3.34. The van der Waals surface area contributed by atoms with Gasteiger partial charge in [-0.25, -0.2) is 0 Å². The van der Waals surface area contributed by atoms with E-state index in [4.69, 9.17) is 5.11 Å². The second-order valence-corrected chi connectivity index (χ2v) is 7.02. The van der Waals surface area contributed by atoms with Crippen molar-refractivity contribution in [3.05, 3.63) is 0 Å². The van der Waals surface area contributed by atoms with Crippen LogP contribution < -0.4 is 0 Å². The van der Waals surface area contributed by atoms with Crippen LogP contribution in [0.3, 0.4) is 0 Å². The summed E-state index contributed by atoms with van der Waals surface area (Å²) in [6, 6.07) is 0. The number of Topliss-reactive ketones (excluding diaryl/α,β-unsaturated/α-hetero) is 1. The number of rotatable bonds is 11. The third-order valence-electron chi connectivity index (χ3n) is 4.83. The van der Waals surface area contributed by atoms with Crippen molar-refractivity contribution in [2.24, 2.45) is 11.8 Å². The number of hydrogen-bond donors (Lipinski definition) is 3. The summed E-state index contributed by atoms with van der Waals surface area (Å²) in [7, 11) is 0. The summed E-state index contributed by atoms with van der Waals surface area (Å²) in [5, 5.41) is 28.6. The number of carboxylic acids is 1. The SMILES string of the molecule is CCCCCC(O)C#CC1C(O)CC(=O)C1CCCCCCC(=O)O. The van der Waals surface area contributed by atoms with Crippen molar-refractivity contribution in [1.82, 2.24) is 0 Å². The summed E-state index contributed by atoms with van der Waals surface area (Å²) in [6.45, 7) is 2.10. The highest BCUT2D eigenvalue weighted by Crippen LogP contribution is 2.33. The van der Waals surface area contributed by atoms with Crippen LogP contribution in [0.1, 0.15) is 77.6 Å². The smallest absolute Gasteiger partial charge is 0.303 e. The van der Waals surface area contributed by atoms with Gasteiger partial charge in [0.15, 0.2) is 0 Å². The van der Waals surface area contributed by atoms with Crippen molar-refractivity contribution in [2.75, 3.05) is 0 Å². The van der Waals surface area contributed by atoms with Gasteiger partial charge in [0.05, 0.1) is 12.0 Å². The molecule has 0 aromatic rings. The molecule has 1 saturated carbocycles. The van der Waals surface area contributed by atoms with E-state index < -0.39 is 18.2 Å². The summed E-state index contributed by atoms with van der Waals surface area (Å²) >= 11 is 0. The maximum absolute atomic E-state index is 12.1. The predicted molar refractivity (Wildman–Crippen MR) is 95.9 cm³/mol. The second-order valence-electron chi connectivity index (χ2n) is 7.02. The summed E-state index contributed by atoms with van der Waals surface area (Å²) < 4.78 is 0. The molecular formula is C20H32O5. The molecule has 25 heavy (non-hydrogen) atoms. The van der Waals surface area contributed by atoms with Crippen molar-refractivity contribution in [3.8, 4) is 11.8 Å². The van der Waals surface area contributed by atoms with Crippen LogP contribution in [0.2, 0.25) is 0 Å². The molecule has 5 nitrogen and oxygen atoms in total. The number of carbonyl (C=O) groups excluding carboxylic acids is 1. The molecule has 142 valence electrons. The average Bonchev–Trinajstić information content (AvgIpc) is 2.82. The van der Waals surface area contributed by atoms with Crippen LogP contribution in [0.15, 0.2) is 0 Å². The van der Waals surface area contributed by atoms with E-state index in [-0.39, 0.29) is 30.5 Å². The summed E-state index contributed by atoms with van der Waals surface area (Å²) in [5.74, 6) is 4.41. The van der Waals surface area contributed by atoms with Gasteiger partial charge in [-0.1, -0.05) is 50.9 Å². The molecule has 0 saturated heterocycles. The standard InChI is InChI=1S/C20H32O5/c1-2-3-6-9-15(21)12-13-17-16(18(22)14-19(17)23)10-7-4-5-8-11-20(24)25/h15-17,19,21,23H,2-11,14H2,1H3,(H,24,25). The first-order valence-corrected chi connectivity index (χ1v) is 9.57. The normalized spacial score (nSPS) is 24.0. The van der Waals surface area contributed by atoms with Crippen LogP contribution in [0, 0.1) is 23.7 Å². The number of hydrogen-bond acceptors (Lipinski definition) is 4. The zero-order chi connectivity index (χ0) is 18.7. The molecular weight excluding hydrogens is 320 g/mol. The van der Waals surface area contributed by atoms with Crippen molar-refractivity contribution in [2.45, 2.75) is 89.8 Å². The first-order valence-electron chi connectivity index (χ1n) is 9.57. The largest absolute Gasteiger partial charge is 0.481 e. The van der Waals surface area contributed by atoms with Crippen molar-refractivity contribution >= 4 is 11.8 Å². The zero-order valence-electron chi connectivity index (χ0n) is 15.2. The molecule has 1 fully saturated rings. The van der Waals surface area contributed by atoms with Crippen LogP contribution in [0.25, 0.3) is 0 Å². The van der Waals surface area contributed by atoms with Gasteiger partial charge in [0.2, 0.25) is 0 Å². The lowest BCUT2D eigenvalue weighted by atomic mass is 9.89. The van der Waals surface area contributed by atoms with Crippen LogP contribution in [0.4, 0.5) is 0 Å². The third kappa shape index (κ3) is 8.51. The fourth-order valence-corrected chi connectivity index (χ4v) is 3.34. The maximum atomic E-state index is 12.1. The first kappa shape index (κ1) is 21.7. The highest BCUT2D eigenvalue weighted by atomic mass is 16.4. The quantitative estimate of drug-likeness (QED) is 0.392. The van der Waals surface area contributed by atoms with E-state index in [1.807, 2.05) is 0 Å². The molecule has 4 unspecified atom stereocenters. The Morgan fingerprint density at radius 2 is 1.92 bits per heavy atom. The molecule has 4 atom stereocenters. The zero-order valence-corrected chi connectivity index (χ0v) is 15.2. The second kappa shape index (κ2) is 12.1.